The number of carbonyl (C=O) groups is 1. The van der Waals surface area contributed by atoms with Crippen LogP contribution in [0, 0.1) is 0 Å². The fourth-order valence-corrected chi connectivity index (χ4v) is 3.80. The molecule has 3 aromatic rings. The predicted octanol–water partition coefficient (Wildman–Crippen LogP) is 7.42. The lowest BCUT2D eigenvalue weighted by Crippen LogP contribution is -2.43. The van der Waals surface area contributed by atoms with Crippen molar-refractivity contribution < 1.29 is 4.79 Å². The van der Waals surface area contributed by atoms with Gasteiger partial charge in [0, 0.05) is 18.1 Å². The summed E-state index contributed by atoms with van der Waals surface area (Å²) in [5.74, 6) is 0. The van der Waals surface area contributed by atoms with Crippen LogP contribution in [0.15, 0.2) is 78.9 Å². The van der Waals surface area contributed by atoms with Crippen LogP contribution in [0.1, 0.15) is 30.9 Å². The number of hydrogen-bond donors (Lipinski definition) is 0. The second-order valence-electron chi connectivity index (χ2n) is 7.21. The third-order valence-electron chi connectivity index (χ3n) is 4.88. The van der Waals surface area contributed by atoms with Crippen LogP contribution in [0.2, 0.25) is 10.0 Å². The molecule has 0 heterocycles. The number of anilines is 1. The molecule has 0 N–H and O–H groups in total. The fraction of sp³-hybridized carbons (Fsp3) is 0.240. The highest BCUT2D eigenvalue weighted by atomic mass is 35.5. The highest BCUT2D eigenvalue weighted by Gasteiger charge is 2.24. The first-order valence-corrected chi connectivity index (χ1v) is 10.9. The van der Waals surface area contributed by atoms with E-state index in [1.807, 2.05) is 71.6 Å². The number of halogens is 2. The Balaban J connectivity index is 1.94. The standard InChI is InChI=1S/C25H26Cl2N2O/c1-2-3-16-28(18-20-10-6-4-7-11-20)25(30)29(19-21-12-8-5-9-13-21)24-15-14-22(26)17-23(24)27/h4-15,17H,2-3,16,18-19H2,1H3. The molecular formula is C25H26Cl2N2O. The van der Waals surface area contributed by atoms with E-state index >= 15 is 0 Å². The maximum absolute atomic E-state index is 13.8. The largest absolute Gasteiger partial charge is 0.325 e. The molecule has 0 atom stereocenters. The number of hydrogen-bond acceptors (Lipinski definition) is 1. The number of rotatable bonds is 8. The van der Waals surface area contributed by atoms with Gasteiger partial charge in [-0.1, -0.05) is 97.2 Å². The van der Waals surface area contributed by atoms with Crippen LogP contribution in [-0.2, 0) is 13.1 Å². The summed E-state index contributed by atoms with van der Waals surface area (Å²) in [5, 5.41) is 1.00. The molecule has 5 heteroatoms. The lowest BCUT2D eigenvalue weighted by Gasteiger charge is -2.31. The molecule has 0 aliphatic carbocycles. The molecule has 0 aliphatic heterocycles. The molecule has 2 amide bonds. The van der Waals surface area contributed by atoms with Gasteiger partial charge in [-0.25, -0.2) is 4.79 Å². The average Bonchev–Trinajstić information content (AvgIpc) is 2.76. The molecule has 0 bridgehead atoms. The van der Waals surface area contributed by atoms with Crippen molar-refractivity contribution >= 4 is 34.9 Å². The third-order valence-corrected chi connectivity index (χ3v) is 5.42. The van der Waals surface area contributed by atoms with Crippen molar-refractivity contribution in [1.29, 1.82) is 0 Å². The molecule has 0 saturated heterocycles. The van der Waals surface area contributed by atoms with Crippen LogP contribution >= 0.6 is 23.2 Å². The minimum atomic E-state index is -0.0691. The van der Waals surface area contributed by atoms with Crippen molar-refractivity contribution in [3.05, 3.63) is 100 Å². The van der Waals surface area contributed by atoms with E-state index in [-0.39, 0.29) is 6.03 Å². The zero-order valence-electron chi connectivity index (χ0n) is 17.1. The number of nitrogens with zero attached hydrogens (tertiary/aromatic N) is 2. The summed E-state index contributed by atoms with van der Waals surface area (Å²) < 4.78 is 0. The average molecular weight is 441 g/mol. The molecule has 30 heavy (non-hydrogen) atoms. The first-order valence-electron chi connectivity index (χ1n) is 10.2. The monoisotopic (exact) mass is 440 g/mol. The van der Waals surface area contributed by atoms with E-state index in [2.05, 4.69) is 6.92 Å². The molecule has 0 aliphatic rings. The molecule has 0 spiro atoms. The lowest BCUT2D eigenvalue weighted by molar-refractivity contribution is 0.200. The van der Waals surface area contributed by atoms with Crippen LogP contribution in [0.5, 0.6) is 0 Å². The highest BCUT2D eigenvalue weighted by molar-refractivity contribution is 6.36. The molecule has 156 valence electrons. The molecule has 0 radical (unpaired) electrons. The van der Waals surface area contributed by atoms with Gasteiger partial charge in [0.05, 0.1) is 17.3 Å². The first-order chi connectivity index (χ1) is 14.6. The minimum Gasteiger partial charge on any atom is -0.320 e. The van der Waals surface area contributed by atoms with Crippen LogP contribution in [0.4, 0.5) is 10.5 Å². The van der Waals surface area contributed by atoms with Crippen molar-refractivity contribution in [3.8, 4) is 0 Å². The summed E-state index contributed by atoms with van der Waals surface area (Å²) >= 11 is 12.6. The van der Waals surface area contributed by atoms with Crippen molar-refractivity contribution in [2.24, 2.45) is 0 Å². The smallest absolute Gasteiger partial charge is 0.320 e. The minimum absolute atomic E-state index is 0.0691. The molecule has 3 rings (SSSR count). The summed E-state index contributed by atoms with van der Waals surface area (Å²) in [6.45, 7) is 3.79. The zero-order chi connectivity index (χ0) is 21.3. The summed E-state index contributed by atoms with van der Waals surface area (Å²) in [4.78, 5) is 17.4. The number of benzene rings is 3. The van der Waals surface area contributed by atoms with Gasteiger partial charge in [0.15, 0.2) is 0 Å². The van der Waals surface area contributed by atoms with Gasteiger partial charge in [-0.3, -0.25) is 4.90 Å². The van der Waals surface area contributed by atoms with Gasteiger partial charge in [0.25, 0.3) is 0 Å². The summed E-state index contributed by atoms with van der Waals surface area (Å²) in [6, 6.07) is 25.2. The van der Waals surface area contributed by atoms with E-state index in [0.717, 1.165) is 24.0 Å². The van der Waals surface area contributed by atoms with Gasteiger partial charge in [-0.15, -0.1) is 0 Å². The van der Waals surface area contributed by atoms with E-state index in [4.69, 9.17) is 23.2 Å². The van der Waals surface area contributed by atoms with Crippen LogP contribution in [-0.4, -0.2) is 17.5 Å². The summed E-state index contributed by atoms with van der Waals surface area (Å²) in [6.07, 6.45) is 1.95. The van der Waals surface area contributed by atoms with Gasteiger partial charge in [0.1, 0.15) is 0 Å². The maximum Gasteiger partial charge on any atom is 0.325 e. The van der Waals surface area contributed by atoms with E-state index in [1.54, 1.807) is 17.0 Å². The molecule has 0 aromatic heterocycles. The second-order valence-corrected chi connectivity index (χ2v) is 8.05. The Labute approximate surface area is 188 Å². The van der Waals surface area contributed by atoms with E-state index in [9.17, 15) is 4.79 Å². The first kappa shape index (κ1) is 22.2. The summed E-state index contributed by atoms with van der Waals surface area (Å²) in [7, 11) is 0. The number of urea groups is 1. The van der Waals surface area contributed by atoms with Gasteiger partial charge in [-0.2, -0.15) is 0 Å². The van der Waals surface area contributed by atoms with Gasteiger partial charge >= 0.3 is 6.03 Å². The Hall–Kier alpha value is -2.49. The van der Waals surface area contributed by atoms with Gasteiger partial charge in [0.2, 0.25) is 0 Å². The predicted molar refractivity (Wildman–Crippen MR) is 126 cm³/mol. The third kappa shape index (κ3) is 6.01. The normalized spacial score (nSPS) is 10.6. The Kier molecular flexibility index (Phi) is 8.18. The lowest BCUT2D eigenvalue weighted by atomic mass is 10.2. The molecule has 3 aromatic carbocycles. The van der Waals surface area contributed by atoms with E-state index < -0.39 is 0 Å². The van der Waals surface area contributed by atoms with Crippen LogP contribution in [0.3, 0.4) is 0 Å². The van der Waals surface area contributed by atoms with Crippen molar-refractivity contribution in [3.63, 3.8) is 0 Å². The fourth-order valence-electron chi connectivity index (χ4n) is 3.29. The quantitative estimate of drug-likeness (QED) is 0.357. The maximum atomic E-state index is 13.8. The van der Waals surface area contributed by atoms with Crippen molar-refractivity contribution in [2.75, 3.05) is 11.4 Å². The molecular weight excluding hydrogens is 415 g/mol. The molecule has 3 nitrogen and oxygen atoms in total. The Morgan fingerprint density at radius 2 is 1.43 bits per heavy atom. The number of carbonyl (C=O) groups excluding carboxylic acids is 1. The molecule has 0 fully saturated rings. The Morgan fingerprint density at radius 1 is 0.833 bits per heavy atom. The topological polar surface area (TPSA) is 23.6 Å². The van der Waals surface area contributed by atoms with Crippen LogP contribution in [0.25, 0.3) is 0 Å². The van der Waals surface area contributed by atoms with E-state index in [0.29, 0.717) is 35.4 Å². The second kappa shape index (κ2) is 11.1. The SMILES string of the molecule is CCCCN(Cc1ccccc1)C(=O)N(Cc1ccccc1)c1ccc(Cl)cc1Cl. The molecule has 0 unspecified atom stereocenters. The number of unbranched alkanes of at least 4 members (excludes halogenated alkanes) is 1. The van der Waals surface area contributed by atoms with Gasteiger partial charge in [-0.05, 0) is 35.7 Å². The Morgan fingerprint density at radius 3 is 2.00 bits per heavy atom. The van der Waals surface area contributed by atoms with Crippen LogP contribution < -0.4 is 4.90 Å². The van der Waals surface area contributed by atoms with Gasteiger partial charge < -0.3 is 4.90 Å². The highest BCUT2D eigenvalue weighted by Crippen LogP contribution is 2.31. The Bertz CT molecular complexity index is 948. The molecule has 0 saturated carbocycles. The van der Waals surface area contributed by atoms with Crippen molar-refractivity contribution in [1.82, 2.24) is 4.90 Å². The zero-order valence-corrected chi connectivity index (χ0v) is 18.6. The number of amides is 2. The summed E-state index contributed by atoms with van der Waals surface area (Å²) in [5.41, 5.74) is 2.79. The van der Waals surface area contributed by atoms with Crippen molar-refractivity contribution in [2.45, 2.75) is 32.9 Å². The van der Waals surface area contributed by atoms with E-state index in [1.165, 1.54) is 0 Å².